The highest BCUT2D eigenvalue weighted by atomic mass is 16.4. The van der Waals surface area contributed by atoms with Gasteiger partial charge in [-0.2, -0.15) is 0 Å². The lowest BCUT2D eigenvalue weighted by Crippen LogP contribution is -2.48. The monoisotopic (exact) mass is 284 g/mol. The van der Waals surface area contributed by atoms with Crippen LogP contribution < -0.4 is 5.32 Å². The van der Waals surface area contributed by atoms with E-state index in [1.54, 1.807) is 7.05 Å². The first-order valence-electron chi connectivity index (χ1n) is 6.05. The maximum Gasteiger partial charge on any atom is 0.111 e. The van der Waals surface area contributed by atoms with E-state index in [0.29, 0.717) is 0 Å². The fraction of sp³-hybridized carbons (Fsp3) is 1.00. The largest absolute Gasteiger partial charge is 0.395 e. The van der Waals surface area contributed by atoms with Crippen LogP contribution in [0.5, 0.6) is 0 Å². The molecular weight excluding hydrogens is 256 g/mol. The molecule has 118 valence electrons. The van der Waals surface area contributed by atoms with Crippen molar-refractivity contribution < 1.29 is 30.6 Å². The average molecular weight is 284 g/mol. The summed E-state index contributed by atoms with van der Waals surface area (Å²) in [6.07, 6.45) is -5.65. The molecule has 0 rings (SSSR count). The van der Waals surface area contributed by atoms with Crippen molar-refractivity contribution >= 4 is 0 Å². The number of hydrogen-bond donors (Lipinski definition) is 7. The van der Waals surface area contributed by atoms with Crippen LogP contribution in [0.15, 0.2) is 0 Å². The molecule has 0 aliphatic heterocycles. The predicted molar refractivity (Wildman–Crippen MR) is 70.7 cm³/mol. The molecule has 7 N–H and O–H groups in total. The Morgan fingerprint density at radius 2 is 1.42 bits per heavy atom. The number of likely N-dealkylation sites (N-methyl/N-ethyl adjacent to an activating group) is 2. The fourth-order valence-corrected chi connectivity index (χ4v) is 1.09. The van der Waals surface area contributed by atoms with E-state index >= 15 is 0 Å². The van der Waals surface area contributed by atoms with Crippen molar-refractivity contribution in [2.45, 2.75) is 24.4 Å². The molecule has 0 radical (unpaired) electrons. The number of nitrogens with zero attached hydrogens (tertiary/aromatic N) is 1. The third kappa shape index (κ3) is 11.2. The summed E-state index contributed by atoms with van der Waals surface area (Å²) in [5.74, 6) is 0. The van der Waals surface area contributed by atoms with E-state index in [-0.39, 0.29) is 13.2 Å². The molecule has 19 heavy (non-hydrogen) atoms. The Bertz CT molecular complexity index is 196. The lowest BCUT2D eigenvalue weighted by atomic mass is 10.0. The van der Waals surface area contributed by atoms with E-state index in [1.807, 2.05) is 19.0 Å². The van der Waals surface area contributed by atoms with Crippen LogP contribution in [0.25, 0.3) is 0 Å². The number of aliphatic hydroxyl groups excluding tert-OH is 6. The predicted octanol–water partition coefficient (Wildman–Crippen LogP) is -3.82. The van der Waals surface area contributed by atoms with Gasteiger partial charge in [-0.3, -0.25) is 0 Å². The summed E-state index contributed by atoms with van der Waals surface area (Å²) < 4.78 is 0. The Labute approximate surface area is 113 Å². The first-order valence-corrected chi connectivity index (χ1v) is 6.05. The SMILES string of the molecule is CN(C)CCO.CNCC(O)C(O)C(O)C(O)CO. The standard InChI is InChI=1S/C7H17NO5.C4H11NO/c1-8-2-4(10)6(12)7(13)5(11)3-9;1-5(2)3-4-6/h4-13H,2-3H2,1H3;6H,3-4H2,1-2H3. The van der Waals surface area contributed by atoms with Crippen LogP contribution >= 0.6 is 0 Å². The number of aliphatic hydroxyl groups is 6. The minimum atomic E-state index is -1.55. The Morgan fingerprint density at radius 3 is 1.68 bits per heavy atom. The van der Waals surface area contributed by atoms with E-state index in [2.05, 4.69) is 5.32 Å². The molecule has 0 aromatic heterocycles. The zero-order chi connectivity index (χ0) is 15.4. The van der Waals surface area contributed by atoms with E-state index in [1.165, 1.54) is 0 Å². The summed E-state index contributed by atoms with van der Waals surface area (Å²) in [6, 6.07) is 0. The van der Waals surface area contributed by atoms with E-state index in [4.69, 9.17) is 25.5 Å². The Balaban J connectivity index is 0. The number of rotatable bonds is 8. The van der Waals surface area contributed by atoms with Gasteiger partial charge in [0, 0.05) is 13.1 Å². The van der Waals surface area contributed by atoms with Gasteiger partial charge < -0.3 is 40.9 Å². The van der Waals surface area contributed by atoms with Crippen LogP contribution in [0.4, 0.5) is 0 Å². The van der Waals surface area contributed by atoms with Crippen molar-refractivity contribution in [3.05, 3.63) is 0 Å². The molecular formula is C11H28N2O6. The molecule has 0 bridgehead atoms. The molecule has 4 atom stereocenters. The highest BCUT2D eigenvalue weighted by molar-refractivity contribution is 4.81. The molecule has 0 amide bonds. The average Bonchev–Trinajstić information content (AvgIpc) is 2.36. The quantitative estimate of drug-likeness (QED) is 0.241. The first kappa shape index (κ1) is 21.0. The number of nitrogens with one attached hydrogen (secondary N) is 1. The Hall–Kier alpha value is -0.320. The van der Waals surface area contributed by atoms with Gasteiger partial charge in [0.25, 0.3) is 0 Å². The highest BCUT2D eigenvalue weighted by Gasteiger charge is 2.29. The highest BCUT2D eigenvalue weighted by Crippen LogP contribution is 2.04. The molecule has 0 saturated heterocycles. The summed E-state index contributed by atoms with van der Waals surface area (Å²) in [5.41, 5.74) is 0. The topological polar surface area (TPSA) is 137 Å². The second kappa shape index (κ2) is 12.7. The van der Waals surface area contributed by atoms with Crippen LogP contribution in [-0.2, 0) is 0 Å². The Kier molecular flexibility index (Phi) is 14.0. The van der Waals surface area contributed by atoms with Crippen molar-refractivity contribution in [3.63, 3.8) is 0 Å². The lowest BCUT2D eigenvalue weighted by molar-refractivity contribution is -0.113. The van der Waals surface area contributed by atoms with Crippen LogP contribution in [0.1, 0.15) is 0 Å². The van der Waals surface area contributed by atoms with Crippen molar-refractivity contribution in [3.8, 4) is 0 Å². The summed E-state index contributed by atoms with van der Waals surface area (Å²) >= 11 is 0. The third-order valence-corrected chi connectivity index (χ3v) is 2.29. The van der Waals surface area contributed by atoms with Crippen molar-refractivity contribution in [1.29, 1.82) is 0 Å². The van der Waals surface area contributed by atoms with E-state index in [0.717, 1.165) is 6.54 Å². The molecule has 4 unspecified atom stereocenters. The normalized spacial score (nSPS) is 17.4. The molecule has 0 spiro atoms. The van der Waals surface area contributed by atoms with Gasteiger partial charge in [-0.25, -0.2) is 0 Å². The van der Waals surface area contributed by atoms with Gasteiger partial charge in [-0.15, -0.1) is 0 Å². The number of hydrogen-bond acceptors (Lipinski definition) is 8. The van der Waals surface area contributed by atoms with Gasteiger partial charge in [0.05, 0.1) is 19.3 Å². The molecule has 0 heterocycles. The summed E-state index contributed by atoms with van der Waals surface area (Å²) in [7, 11) is 5.43. The van der Waals surface area contributed by atoms with E-state index < -0.39 is 31.0 Å². The van der Waals surface area contributed by atoms with Gasteiger partial charge in [0.1, 0.15) is 18.3 Å². The molecule has 0 aliphatic rings. The van der Waals surface area contributed by atoms with Gasteiger partial charge in [0.15, 0.2) is 0 Å². The molecule has 0 aromatic rings. The first-order chi connectivity index (χ1) is 8.81. The van der Waals surface area contributed by atoms with E-state index in [9.17, 15) is 5.11 Å². The van der Waals surface area contributed by atoms with Crippen LogP contribution in [0.2, 0.25) is 0 Å². The zero-order valence-electron chi connectivity index (χ0n) is 11.8. The van der Waals surface area contributed by atoms with Crippen molar-refractivity contribution in [1.82, 2.24) is 10.2 Å². The zero-order valence-corrected chi connectivity index (χ0v) is 11.8. The molecule has 8 heteroatoms. The summed E-state index contributed by atoms with van der Waals surface area (Å²) in [4.78, 5) is 1.93. The molecule has 0 aliphatic carbocycles. The van der Waals surface area contributed by atoms with Gasteiger partial charge in [-0.05, 0) is 21.1 Å². The maximum atomic E-state index is 9.21. The van der Waals surface area contributed by atoms with Crippen molar-refractivity contribution in [2.75, 3.05) is 47.4 Å². The van der Waals surface area contributed by atoms with Crippen molar-refractivity contribution in [2.24, 2.45) is 0 Å². The smallest absolute Gasteiger partial charge is 0.111 e. The second-order valence-corrected chi connectivity index (χ2v) is 4.38. The summed E-state index contributed by atoms with van der Waals surface area (Å²) in [6.45, 7) is 0.452. The van der Waals surface area contributed by atoms with Gasteiger partial charge >= 0.3 is 0 Å². The summed E-state index contributed by atoms with van der Waals surface area (Å²) in [5, 5.41) is 55.7. The minimum Gasteiger partial charge on any atom is -0.395 e. The molecule has 0 saturated carbocycles. The Morgan fingerprint density at radius 1 is 0.947 bits per heavy atom. The minimum absolute atomic E-state index is 0.0936. The molecule has 0 fully saturated rings. The molecule has 0 aromatic carbocycles. The van der Waals surface area contributed by atoms with Gasteiger partial charge in [-0.1, -0.05) is 0 Å². The molecule has 8 nitrogen and oxygen atoms in total. The van der Waals surface area contributed by atoms with Crippen LogP contribution in [0.3, 0.4) is 0 Å². The lowest BCUT2D eigenvalue weighted by Gasteiger charge is -2.25. The van der Waals surface area contributed by atoms with Crippen LogP contribution in [-0.4, -0.2) is 107 Å². The van der Waals surface area contributed by atoms with Gasteiger partial charge in [0.2, 0.25) is 0 Å². The maximum absolute atomic E-state index is 9.21. The second-order valence-electron chi connectivity index (χ2n) is 4.38. The third-order valence-electron chi connectivity index (χ3n) is 2.29. The fourth-order valence-electron chi connectivity index (χ4n) is 1.09. The van der Waals surface area contributed by atoms with Crippen LogP contribution in [0, 0.1) is 0 Å².